The number of fused-ring (bicyclic) bond motifs is 2. The third kappa shape index (κ3) is 4.30. The first-order valence-electron chi connectivity index (χ1n) is 11.4. The zero-order valence-electron chi connectivity index (χ0n) is 18.3. The zero-order chi connectivity index (χ0) is 22.1. The highest BCUT2D eigenvalue weighted by Gasteiger charge is 2.34. The Morgan fingerprint density at radius 2 is 2.16 bits per heavy atom. The van der Waals surface area contributed by atoms with Gasteiger partial charge in [-0.25, -0.2) is 0 Å². The third-order valence-electron chi connectivity index (χ3n) is 6.67. The molecule has 170 valence electrons. The molecule has 1 unspecified atom stereocenters. The molecule has 1 atom stereocenters. The Balaban J connectivity index is 1.41. The minimum Gasteiger partial charge on any atom is -0.492 e. The van der Waals surface area contributed by atoms with E-state index in [2.05, 4.69) is 11.5 Å². The van der Waals surface area contributed by atoms with Crippen molar-refractivity contribution in [3.8, 4) is 5.75 Å². The average Bonchev–Trinajstić information content (AvgIpc) is 3.03. The number of hydrogen-bond acceptors (Lipinski definition) is 5. The van der Waals surface area contributed by atoms with Gasteiger partial charge < -0.3 is 9.64 Å². The lowest BCUT2D eigenvalue weighted by molar-refractivity contribution is 0.0763. The number of allylic oxidation sites excluding steroid dienone is 1. The molecule has 0 saturated carbocycles. The molecular formula is C24H29ClN4O2S. The summed E-state index contributed by atoms with van der Waals surface area (Å²) in [6.45, 7) is 8.46. The van der Waals surface area contributed by atoms with Gasteiger partial charge >= 0.3 is 0 Å². The lowest BCUT2D eigenvalue weighted by atomic mass is 9.89. The Hall–Kier alpha value is -1.96. The molecule has 8 heteroatoms. The van der Waals surface area contributed by atoms with E-state index in [1.165, 1.54) is 5.69 Å². The summed E-state index contributed by atoms with van der Waals surface area (Å²) in [6, 6.07) is 6.21. The Kier molecular flexibility index (Phi) is 6.49. The molecule has 6 nitrogen and oxygen atoms in total. The van der Waals surface area contributed by atoms with Gasteiger partial charge in [-0.05, 0) is 37.5 Å². The molecule has 1 aromatic heterocycles. The van der Waals surface area contributed by atoms with Crippen molar-refractivity contribution in [3.63, 3.8) is 0 Å². The summed E-state index contributed by atoms with van der Waals surface area (Å²) in [5.74, 6) is 3.01. The van der Waals surface area contributed by atoms with E-state index in [0.29, 0.717) is 24.9 Å². The number of ether oxygens (including phenoxy) is 1. The van der Waals surface area contributed by atoms with Gasteiger partial charge in [-0.15, -0.1) is 6.58 Å². The van der Waals surface area contributed by atoms with Gasteiger partial charge in [0.15, 0.2) is 5.69 Å². The third-order valence-corrected chi connectivity index (χ3v) is 7.85. The molecule has 1 amide bonds. The Morgan fingerprint density at radius 3 is 2.97 bits per heavy atom. The number of benzene rings is 1. The van der Waals surface area contributed by atoms with Crippen LogP contribution in [-0.4, -0.2) is 69.3 Å². The molecule has 32 heavy (non-hydrogen) atoms. The minimum atomic E-state index is 0.0846. The topological polar surface area (TPSA) is 50.6 Å². The molecule has 5 rings (SSSR count). The number of rotatable bonds is 4. The quantitative estimate of drug-likeness (QED) is 0.635. The molecule has 2 aromatic rings. The summed E-state index contributed by atoms with van der Waals surface area (Å²) in [5.41, 5.74) is 4.10. The highest BCUT2D eigenvalue weighted by atomic mass is 35.5. The molecule has 0 spiro atoms. The predicted molar refractivity (Wildman–Crippen MR) is 129 cm³/mol. The number of thioether (sulfide) groups is 1. The second-order valence-corrected chi connectivity index (χ2v) is 10.3. The smallest absolute Gasteiger partial charge is 0.274 e. The number of amides is 1. The molecule has 1 fully saturated rings. The first kappa shape index (κ1) is 21.9. The number of nitrogens with zero attached hydrogens (tertiary/aromatic N) is 4. The molecule has 3 heterocycles. The van der Waals surface area contributed by atoms with E-state index in [-0.39, 0.29) is 5.91 Å². The van der Waals surface area contributed by atoms with Crippen LogP contribution in [0.15, 0.2) is 30.9 Å². The first-order valence-corrected chi connectivity index (χ1v) is 12.9. The summed E-state index contributed by atoms with van der Waals surface area (Å²) in [7, 11) is 0. The second-order valence-electron chi connectivity index (χ2n) is 8.62. The predicted octanol–water partition coefficient (Wildman–Crippen LogP) is 3.66. The zero-order valence-corrected chi connectivity index (χ0v) is 19.8. The van der Waals surface area contributed by atoms with Gasteiger partial charge in [-0.2, -0.15) is 16.9 Å². The average molecular weight is 473 g/mol. The van der Waals surface area contributed by atoms with Crippen molar-refractivity contribution < 1.29 is 9.53 Å². The summed E-state index contributed by atoms with van der Waals surface area (Å²) in [4.78, 5) is 17.9. The molecule has 1 aromatic carbocycles. The Bertz CT molecular complexity index is 1020. The summed E-state index contributed by atoms with van der Waals surface area (Å²) < 4.78 is 7.97. The summed E-state index contributed by atoms with van der Waals surface area (Å²) in [5, 5.41) is 5.52. The molecule has 0 radical (unpaired) electrons. The van der Waals surface area contributed by atoms with Crippen LogP contribution in [0.5, 0.6) is 5.75 Å². The van der Waals surface area contributed by atoms with Gasteiger partial charge in [-0.1, -0.05) is 17.7 Å². The first-order chi connectivity index (χ1) is 15.6. The maximum atomic E-state index is 13.4. The van der Waals surface area contributed by atoms with Crippen molar-refractivity contribution in [2.24, 2.45) is 0 Å². The molecule has 2 aliphatic heterocycles. The van der Waals surface area contributed by atoms with Crippen LogP contribution in [0.3, 0.4) is 0 Å². The SMILES string of the molecule is C=CCn1nc(C(=O)N2CCSCC2)c2c1CCC(N1CCOc3ccc(Cl)cc3C1)C2. The molecule has 0 N–H and O–H groups in total. The monoisotopic (exact) mass is 472 g/mol. The number of carbonyl (C=O) groups excluding carboxylic acids is 1. The van der Waals surface area contributed by atoms with Crippen molar-refractivity contribution in [3.05, 3.63) is 58.4 Å². The maximum Gasteiger partial charge on any atom is 0.274 e. The van der Waals surface area contributed by atoms with E-state index >= 15 is 0 Å². The van der Waals surface area contributed by atoms with Crippen LogP contribution >= 0.6 is 23.4 Å². The van der Waals surface area contributed by atoms with Crippen LogP contribution < -0.4 is 4.74 Å². The molecule has 1 saturated heterocycles. The van der Waals surface area contributed by atoms with E-state index < -0.39 is 0 Å². The van der Waals surface area contributed by atoms with Crippen LogP contribution in [-0.2, 0) is 25.9 Å². The van der Waals surface area contributed by atoms with Crippen LogP contribution in [0, 0.1) is 0 Å². The lowest BCUT2D eigenvalue weighted by Gasteiger charge is -2.33. The van der Waals surface area contributed by atoms with Gasteiger partial charge in [0.1, 0.15) is 12.4 Å². The molecule has 3 aliphatic rings. The highest BCUT2D eigenvalue weighted by Crippen LogP contribution is 2.32. The van der Waals surface area contributed by atoms with Crippen molar-refractivity contribution in [2.45, 2.75) is 38.4 Å². The fourth-order valence-corrected chi connectivity index (χ4v) is 6.13. The fourth-order valence-electron chi connectivity index (χ4n) is 5.04. The van der Waals surface area contributed by atoms with Crippen molar-refractivity contribution >= 4 is 29.3 Å². The summed E-state index contributed by atoms with van der Waals surface area (Å²) >= 11 is 8.16. The maximum absolute atomic E-state index is 13.4. The van der Waals surface area contributed by atoms with Gasteiger partial charge in [0.05, 0.1) is 6.54 Å². The standard InChI is InChI=1S/C24H29ClN4O2S/c1-2-7-29-21-5-4-19(28-8-11-31-22-6-3-18(25)14-17(22)16-28)15-20(21)23(26-29)24(30)27-9-12-32-13-10-27/h2-3,6,14,19H,1,4-5,7-13,15-16H2. The van der Waals surface area contributed by atoms with Gasteiger partial charge in [-0.3, -0.25) is 14.4 Å². The number of carbonyl (C=O) groups is 1. The number of aromatic nitrogens is 2. The van der Waals surface area contributed by atoms with E-state index in [1.54, 1.807) is 0 Å². The Labute approximate surface area is 198 Å². The van der Waals surface area contributed by atoms with E-state index in [0.717, 1.165) is 78.8 Å². The van der Waals surface area contributed by atoms with E-state index in [1.807, 2.05) is 45.6 Å². The van der Waals surface area contributed by atoms with Crippen LogP contribution in [0.4, 0.5) is 0 Å². The van der Waals surface area contributed by atoms with Crippen LogP contribution in [0.25, 0.3) is 0 Å². The van der Waals surface area contributed by atoms with Crippen LogP contribution in [0.2, 0.25) is 5.02 Å². The Morgan fingerprint density at radius 1 is 1.31 bits per heavy atom. The van der Waals surface area contributed by atoms with Gasteiger partial charge in [0.2, 0.25) is 0 Å². The van der Waals surface area contributed by atoms with Gasteiger partial charge in [0, 0.05) is 65.6 Å². The highest BCUT2D eigenvalue weighted by molar-refractivity contribution is 7.99. The normalized spacial score (nSPS) is 21.3. The molecule has 1 aliphatic carbocycles. The van der Waals surface area contributed by atoms with Crippen LogP contribution in [0.1, 0.15) is 33.7 Å². The van der Waals surface area contributed by atoms with Crippen molar-refractivity contribution in [1.82, 2.24) is 19.6 Å². The fraction of sp³-hybridized carbons (Fsp3) is 0.500. The van der Waals surface area contributed by atoms with E-state index in [9.17, 15) is 4.79 Å². The largest absolute Gasteiger partial charge is 0.492 e. The van der Waals surface area contributed by atoms with Crippen molar-refractivity contribution in [1.29, 1.82) is 0 Å². The number of hydrogen-bond donors (Lipinski definition) is 0. The second kappa shape index (κ2) is 9.49. The molecule has 0 bridgehead atoms. The lowest BCUT2D eigenvalue weighted by Crippen LogP contribution is -2.41. The molecular weight excluding hydrogens is 444 g/mol. The number of halogens is 1. The minimum absolute atomic E-state index is 0.0846. The van der Waals surface area contributed by atoms with Gasteiger partial charge in [0.25, 0.3) is 5.91 Å². The van der Waals surface area contributed by atoms with Crippen molar-refractivity contribution in [2.75, 3.05) is 37.7 Å². The summed E-state index contributed by atoms with van der Waals surface area (Å²) in [6.07, 6.45) is 4.66. The van der Waals surface area contributed by atoms with E-state index in [4.69, 9.17) is 21.4 Å².